The molecule has 4 N–H and O–H groups in total. The molecule has 192 valence electrons. The lowest BCUT2D eigenvalue weighted by Gasteiger charge is -2.15. The molecule has 0 bridgehead atoms. The number of benzene rings is 3. The molecule has 0 amide bonds. The number of aromatic nitrogens is 1. The fourth-order valence-corrected chi connectivity index (χ4v) is 4.17. The highest BCUT2D eigenvalue weighted by molar-refractivity contribution is 6.22. The number of H-pyrrole nitrogens is 1. The van der Waals surface area contributed by atoms with Crippen molar-refractivity contribution in [2.24, 2.45) is 4.99 Å². The van der Waals surface area contributed by atoms with E-state index in [4.69, 9.17) is 9.73 Å². The Morgan fingerprint density at radius 2 is 1.81 bits per heavy atom. The van der Waals surface area contributed by atoms with E-state index in [1.807, 2.05) is 86.6 Å². The van der Waals surface area contributed by atoms with Gasteiger partial charge < -0.3 is 24.8 Å². The van der Waals surface area contributed by atoms with Crippen LogP contribution < -0.4 is 5.32 Å². The average Bonchev–Trinajstić information content (AvgIpc) is 3.21. The van der Waals surface area contributed by atoms with Crippen molar-refractivity contribution in [1.82, 2.24) is 15.2 Å². The Morgan fingerprint density at radius 3 is 2.46 bits per heavy atom. The van der Waals surface area contributed by atoms with E-state index < -0.39 is 12.2 Å². The van der Waals surface area contributed by atoms with Crippen molar-refractivity contribution in [3.8, 4) is 5.88 Å². The van der Waals surface area contributed by atoms with E-state index in [1.54, 1.807) is 6.07 Å². The number of hydrogen-bond acceptors (Lipinski definition) is 7. The number of carbonyl (C=O) groups excluding carboxylic acids is 1. The van der Waals surface area contributed by atoms with E-state index in [0.29, 0.717) is 34.6 Å². The maximum atomic E-state index is 12.2. The molecule has 1 aromatic heterocycles. The summed E-state index contributed by atoms with van der Waals surface area (Å²) >= 11 is 0. The number of nitrogens with one attached hydrogen (secondary N) is 2. The van der Waals surface area contributed by atoms with Crippen LogP contribution in [0.1, 0.15) is 38.8 Å². The number of aryl methyl sites for hydroxylation is 1. The molecule has 4 aromatic rings. The second-order valence-electron chi connectivity index (χ2n) is 9.13. The van der Waals surface area contributed by atoms with E-state index in [1.165, 1.54) is 7.11 Å². The van der Waals surface area contributed by atoms with E-state index in [2.05, 4.69) is 10.3 Å². The number of aliphatic hydroxyl groups is 1. The Labute approximate surface area is 216 Å². The smallest absolute Gasteiger partial charge is 0.338 e. The van der Waals surface area contributed by atoms with Gasteiger partial charge in [-0.05, 0) is 56.4 Å². The maximum Gasteiger partial charge on any atom is 0.338 e. The van der Waals surface area contributed by atoms with Gasteiger partial charge in [-0.1, -0.05) is 42.5 Å². The number of methoxy groups -OCH3 is 1. The van der Waals surface area contributed by atoms with E-state index in [9.17, 15) is 15.0 Å². The minimum absolute atomic E-state index is 0.0452. The Bertz CT molecular complexity index is 1410. The predicted octanol–water partition coefficient (Wildman–Crippen LogP) is 4.28. The summed E-state index contributed by atoms with van der Waals surface area (Å²) in [5.74, 6) is -0.485. The molecule has 0 fully saturated rings. The van der Waals surface area contributed by atoms with Gasteiger partial charge in [0, 0.05) is 29.6 Å². The van der Waals surface area contributed by atoms with Gasteiger partial charge in [0.1, 0.15) is 6.23 Å². The molecule has 1 atom stereocenters. The molecule has 8 nitrogen and oxygen atoms in total. The molecule has 4 rings (SSSR count). The number of carbonyl (C=O) groups is 1. The summed E-state index contributed by atoms with van der Waals surface area (Å²) < 4.78 is 4.89. The van der Waals surface area contributed by atoms with Crippen LogP contribution in [0, 0.1) is 6.92 Å². The summed E-state index contributed by atoms with van der Waals surface area (Å²) in [5.41, 5.74) is 5.09. The number of esters is 1. The van der Waals surface area contributed by atoms with Gasteiger partial charge in [-0.25, -0.2) is 9.79 Å². The SMILES string of the molecule is COC(=O)c1cc2[nH]c(O)c(C(=Nc3ccc(C(O)NCCN(C)C)cc3)c3ccccc3)c2cc1C. The van der Waals surface area contributed by atoms with E-state index in [-0.39, 0.29) is 5.88 Å². The van der Waals surface area contributed by atoms with Gasteiger partial charge in [0.25, 0.3) is 0 Å². The first-order valence-corrected chi connectivity index (χ1v) is 12.0. The van der Waals surface area contributed by atoms with Gasteiger partial charge in [-0.3, -0.25) is 5.32 Å². The standard InChI is InChI=1S/C29H32N4O4/c1-18-16-23-24(17-22(18)29(36)37-4)32-28(35)25(23)26(19-8-6-5-7-9-19)31-21-12-10-20(11-13-21)27(34)30-14-15-33(2)3/h5-13,16-17,27,30,32,34-35H,14-15H2,1-4H3. The van der Waals surface area contributed by atoms with Crippen LogP contribution in [0.3, 0.4) is 0 Å². The van der Waals surface area contributed by atoms with Gasteiger partial charge in [0.05, 0.1) is 29.6 Å². The van der Waals surface area contributed by atoms with Crippen LogP contribution in [-0.2, 0) is 4.74 Å². The maximum absolute atomic E-state index is 12.2. The third kappa shape index (κ3) is 5.89. The summed E-state index contributed by atoms with van der Waals surface area (Å²) in [6.45, 7) is 3.30. The molecule has 0 aliphatic carbocycles. The van der Waals surface area contributed by atoms with Crippen LogP contribution in [0.25, 0.3) is 10.9 Å². The molecule has 0 saturated carbocycles. The predicted molar refractivity (Wildman–Crippen MR) is 146 cm³/mol. The van der Waals surface area contributed by atoms with E-state index in [0.717, 1.165) is 28.6 Å². The first-order valence-electron chi connectivity index (χ1n) is 12.0. The van der Waals surface area contributed by atoms with Crippen molar-refractivity contribution in [3.63, 3.8) is 0 Å². The Hall–Kier alpha value is -3.98. The number of ether oxygens (including phenoxy) is 1. The summed E-state index contributed by atoms with van der Waals surface area (Å²) in [7, 11) is 5.31. The highest BCUT2D eigenvalue weighted by Crippen LogP contribution is 2.33. The highest BCUT2D eigenvalue weighted by atomic mass is 16.5. The molecule has 0 aliphatic rings. The minimum atomic E-state index is -0.781. The number of aromatic hydroxyl groups is 1. The summed E-state index contributed by atoms with van der Waals surface area (Å²) in [4.78, 5) is 22.1. The summed E-state index contributed by atoms with van der Waals surface area (Å²) in [6.07, 6.45) is -0.781. The molecule has 1 unspecified atom stereocenters. The number of aliphatic hydroxyl groups excluding tert-OH is 1. The fraction of sp³-hybridized carbons (Fsp3) is 0.241. The summed E-state index contributed by atoms with van der Waals surface area (Å²) in [6, 6.07) is 20.5. The largest absolute Gasteiger partial charge is 0.494 e. The number of likely N-dealkylation sites (N-methyl/N-ethyl adjacent to an activating group) is 1. The quantitative estimate of drug-likeness (QED) is 0.155. The molecule has 37 heavy (non-hydrogen) atoms. The Kier molecular flexibility index (Phi) is 8.03. The highest BCUT2D eigenvalue weighted by Gasteiger charge is 2.21. The third-order valence-electron chi connectivity index (χ3n) is 6.16. The van der Waals surface area contributed by atoms with Crippen LogP contribution in [0.5, 0.6) is 5.88 Å². The van der Waals surface area contributed by atoms with Crippen LogP contribution in [-0.4, -0.2) is 66.1 Å². The topological polar surface area (TPSA) is 110 Å². The van der Waals surface area contributed by atoms with Crippen LogP contribution >= 0.6 is 0 Å². The van der Waals surface area contributed by atoms with E-state index >= 15 is 0 Å². The first kappa shape index (κ1) is 26.1. The first-order chi connectivity index (χ1) is 17.8. The van der Waals surface area contributed by atoms with Gasteiger partial charge in [0.2, 0.25) is 0 Å². The molecular weight excluding hydrogens is 468 g/mol. The Balaban J connectivity index is 1.75. The van der Waals surface area contributed by atoms with Crippen molar-refractivity contribution >= 4 is 28.3 Å². The number of hydrogen-bond donors (Lipinski definition) is 4. The number of nitrogens with zero attached hydrogens (tertiary/aromatic N) is 2. The van der Waals surface area contributed by atoms with Crippen LogP contribution in [0.15, 0.2) is 71.7 Å². The second-order valence-corrected chi connectivity index (χ2v) is 9.13. The Morgan fingerprint density at radius 1 is 1.11 bits per heavy atom. The van der Waals surface area contributed by atoms with Crippen molar-refractivity contribution in [2.75, 3.05) is 34.3 Å². The fourth-order valence-electron chi connectivity index (χ4n) is 4.17. The zero-order valence-corrected chi connectivity index (χ0v) is 21.4. The lowest BCUT2D eigenvalue weighted by atomic mass is 9.98. The number of rotatable bonds is 9. The molecular formula is C29H32N4O4. The third-order valence-corrected chi connectivity index (χ3v) is 6.16. The molecule has 0 radical (unpaired) electrons. The number of aromatic amines is 1. The lowest BCUT2D eigenvalue weighted by Crippen LogP contribution is -2.29. The van der Waals surface area contributed by atoms with Gasteiger partial charge >= 0.3 is 5.97 Å². The van der Waals surface area contributed by atoms with Crippen LogP contribution in [0.2, 0.25) is 0 Å². The molecule has 1 heterocycles. The molecule has 0 saturated heterocycles. The van der Waals surface area contributed by atoms with Gasteiger partial charge in [0.15, 0.2) is 5.88 Å². The van der Waals surface area contributed by atoms with Crippen LogP contribution in [0.4, 0.5) is 5.69 Å². The lowest BCUT2D eigenvalue weighted by molar-refractivity contribution is 0.0600. The van der Waals surface area contributed by atoms with Crippen molar-refractivity contribution in [1.29, 1.82) is 0 Å². The zero-order chi connectivity index (χ0) is 26.5. The van der Waals surface area contributed by atoms with Crippen molar-refractivity contribution in [3.05, 3.63) is 94.5 Å². The molecule has 0 aliphatic heterocycles. The second kappa shape index (κ2) is 11.4. The molecule has 8 heteroatoms. The molecule has 3 aromatic carbocycles. The normalized spacial score (nSPS) is 12.8. The number of aliphatic imine (C=N–C) groups is 1. The summed E-state index contributed by atoms with van der Waals surface area (Å²) in [5, 5.41) is 25.3. The minimum Gasteiger partial charge on any atom is -0.494 e. The van der Waals surface area contributed by atoms with Crippen molar-refractivity contribution < 1.29 is 19.7 Å². The average molecular weight is 501 g/mol. The van der Waals surface area contributed by atoms with Gasteiger partial charge in [-0.15, -0.1) is 0 Å². The van der Waals surface area contributed by atoms with Gasteiger partial charge in [-0.2, -0.15) is 0 Å². The number of fused-ring (bicyclic) bond motifs is 1. The van der Waals surface area contributed by atoms with Crippen molar-refractivity contribution in [2.45, 2.75) is 13.2 Å². The zero-order valence-electron chi connectivity index (χ0n) is 21.4. The monoisotopic (exact) mass is 500 g/mol. The molecule has 0 spiro atoms.